The van der Waals surface area contributed by atoms with Crippen molar-refractivity contribution < 1.29 is 4.74 Å². The summed E-state index contributed by atoms with van der Waals surface area (Å²) in [5.74, 6) is 0.715. The molecule has 2 unspecified atom stereocenters. The van der Waals surface area contributed by atoms with Gasteiger partial charge in [0.05, 0.1) is 0 Å². The van der Waals surface area contributed by atoms with Crippen molar-refractivity contribution in [3.63, 3.8) is 0 Å². The van der Waals surface area contributed by atoms with Gasteiger partial charge in [0, 0.05) is 0 Å². The van der Waals surface area contributed by atoms with Gasteiger partial charge in [-0.3, -0.25) is 0 Å². The number of rotatable bonds is 7. The molecule has 0 saturated heterocycles. The Bertz CT molecular complexity index is 321. The summed E-state index contributed by atoms with van der Waals surface area (Å²) in [6, 6.07) is 10.8. The van der Waals surface area contributed by atoms with E-state index in [0.717, 1.165) is 6.61 Å². The molecule has 0 aromatic heterocycles. The average molecular weight is 297 g/mol. The number of allylic oxidation sites excluding steroid dienone is 1. The molecule has 1 nitrogen and oxygen atoms in total. The summed E-state index contributed by atoms with van der Waals surface area (Å²) in [7, 11) is 0. The van der Waals surface area contributed by atoms with Crippen LogP contribution in [0, 0.1) is 5.92 Å². The first kappa shape index (κ1) is 14.3. The summed E-state index contributed by atoms with van der Waals surface area (Å²) < 4.78 is 6.79. The molecular weight excluding hydrogens is 275 g/mol. The summed E-state index contributed by atoms with van der Waals surface area (Å²) in [6.45, 7) is 7.35. The van der Waals surface area contributed by atoms with Crippen molar-refractivity contribution in [3.05, 3.63) is 42.7 Å². The van der Waals surface area contributed by atoms with E-state index in [1.165, 1.54) is 10.9 Å². The Morgan fingerprint density at radius 1 is 1.24 bits per heavy atom. The van der Waals surface area contributed by atoms with Crippen LogP contribution < -0.4 is 4.46 Å². The fourth-order valence-electron chi connectivity index (χ4n) is 1.46. The molecule has 17 heavy (non-hydrogen) atoms. The molecule has 0 amide bonds. The second kappa shape index (κ2) is 8.38. The molecule has 0 fully saturated rings. The summed E-state index contributed by atoms with van der Waals surface area (Å²) >= 11 is 0.490. The van der Waals surface area contributed by atoms with Crippen LogP contribution in [0.15, 0.2) is 42.7 Å². The molecule has 1 aromatic carbocycles. The Hall–Kier alpha value is -0.721. The molecule has 2 heteroatoms. The van der Waals surface area contributed by atoms with Crippen molar-refractivity contribution in [2.75, 3.05) is 6.61 Å². The first-order valence-corrected chi connectivity index (χ1v) is 8.12. The van der Waals surface area contributed by atoms with Gasteiger partial charge in [-0.25, -0.2) is 0 Å². The SMILES string of the molecule is CCO/C=C/C([Se]c1ccccc1)C(C)CC. The van der Waals surface area contributed by atoms with Gasteiger partial charge in [-0.05, 0) is 0 Å². The van der Waals surface area contributed by atoms with E-state index in [1.54, 1.807) is 0 Å². The Kier molecular flexibility index (Phi) is 7.07. The van der Waals surface area contributed by atoms with Crippen LogP contribution in [0.3, 0.4) is 0 Å². The molecule has 0 N–H and O–H groups in total. The number of benzene rings is 1. The van der Waals surface area contributed by atoms with Gasteiger partial charge in [0.2, 0.25) is 0 Å². The van der Waals surface area contributed by atoms with Crippen LogP contribution in [0.25, 0.3) is 0 Å². The van der Waals surface area contributed by atoms with Crippen LogP contribution in [0.1, 0.15) is 27.2 Å². The van der Waals surface area contributed by atoms with Gasteiger partial charge in [0.15, 0.2) is 0 Å². The number of hydrogen-bond donors (Lipinski definition) is 0. The second-order valence-corrected chi connectivity index (χ2v) is 6.69. The molecule has 2 atom stereocenters. The molecule has 1 rings (SSSR count). The zero-order valence-corrected chi connectivity index (χ0v) is 12.6. The summed E-state index contributed by atoms with van der Waals surface area (Å²) in [5, 5.41) is 0. The van der Waals surface area contributed by atoms with Crippen LogP contribution in [0.5, 0.6) is 0 Å². The van der Waals surface area contributed by atoms with Crippen LogP contribution in [0.4, 0.5) is 0 Å². The fraction of sp³-hybridized carbons (Fsp3) is 0.467. The Morgan fingerprint density at radius 3 is 2.53 bits per heavy atom. The third-order valence-corrected chi connectivity index (χ3v) is 5.77. The monoisotopic (exact) mass is 298 g/mol. The van der Waals surface area contributed by atoms with Crippen molar-refractivity contribution in [2.24, 2.45) is 5.92 Å². The fourth-order valence-corrected chi connectivity index (χ4v) is 3.97. The maximum absolute atomic E-state index is 5.33. The van der Waals surface area contributed by atoms with E-state index in [2.05, 4.69) is 50.3 Å². The van der Waals surface area contributed by atoms with Crippen molar-refractivity contribution in [1.29, 1.82) is 0 Å². The first-order valence-electron chi connectivity index (χ1n) is 6.27. The molecule has 94 valence electrons. The number of hydrogen-bond acceptors (Lipinski definition) is 1. The molecular formula is C15H22OSe. The van der Waals surface area contributed by atoms with E-state index in [4.69, 9.17) is 4.74 Å². The minimum absolute atomic E-state index is 0.490. The van der Waals surface area contributed by atoms with E-state index < -0.39 is 0 Å². The molecule has 0 bridgehead atoms. The van der Waals surface area contributed by atoms with Crippen molar-refractivity contribution in [2.45, 2.75) is 32.0 Å². The zero-order chi connectivity index (χ0) is 12.5. The van der Waals surface area contributed by atoms with Gasteiger partial charge in [-0.15, -0.1) is 0 Å². The Morgan fingerprint density at radius 2 is 1.94 bits per heavy atom. The van der Waals surface area contributed by atoms with Crippen LogP contribution >= 0.6 is 0 Å². The minimum atomic E-state index is 0.490. The third-order valence-electron chi connectivity index (χ3n) is 2.75. The first-order chi connectivity index (χ1) is 8.27. The van der Waals surface area contributed by atoms with Crippen molar-refractivity contribution in [3.8, 4) is 0 Å². The molecule has 0 heterocycles. The Labute approximate surface area is 111 Å². The van der Waals surface area contributed by atoms with Gasteiger partial charge in [0.25, 0.3) is 0 Å². The molecule has 0 radical (unpaired) electrons. The zero-order valence-electron chi connectivity index (χ0n) is 10.9. The normalized spacial score (nSPS) is 14.8. The predicted octanol–water partition coefficient (Wildman–Crippen LogP) is 3.40. The van der Waals surface area contributed by atoms with Crippen molar-refractivity contribution >= 4 is 19.4 Å². The predicted molar refractivity (Wildman–Crippen MR) is 75.8 cm³/mol. The van der Waals surface area contributed by atoms with Gasteiger partial charge >= 0.3 is 111 Å². The molecule has 0 aliphatic heterocycles. The maximum atomic E-state index is 5.33. The summed E-state index contributed by atoms with van der Waals surface area (Å²) in [5.41, 5.74) is 0. The molecule has 0 spiro atoms. The van der Waals surface area contributed by atoms with Gasteiger partial charge < -0.3 is 0 Å². The average Bonchev–Trinajstić information content (AvgIpc) is 2.38. The quantitative estimate of drug-likeness (QED) is 0.553. The van der Waals surface area contributed by atoms with E-state index in [1.807, 2.05) is 13.2 Å². The van der Waals surface area contributed by atoms with E-state index in [0.29, 0.717) is 25.7 Å². The topological polar surface area (TPSA) is 9.23 Å². The van der Waals surface area contributed by atoms with Gasteiger partial charge in [0.1, 0.15) is 0 Å². The summed E-state index contributed by atoms with van der Waals surface area (Å²) in [4.78, 5) is 0.626. The van der Waals surface area contributed by atoms with Gasteiger partial charge in [-0.2, -0.15) is 0 Å². The van der Waals surface area contributed by atoms with Crippen LogP contribution in [-0.2, 0) is 4.74 Å². The van der Waals surface area contributed by atoms with E-state index in [9.17, 15) is 0 Å². The number of ether oxygens (including phenoxy) is 1. The molecule has 0 aliphatic rings. The van der Waals surface area contributed by atoms with Gasteiger partial charge in [-0.1, -0.05) is 0 Å². The third kappa shape index (κ3) is 5.43. The summed E-state index contributed by atoms with van der Waals surface area (Å²) in [6.07, 6.45) is 5.34. The van der Waals surface area contributed by atoms with E-state index >= 15 is 0 Å². The molecule has 0 aliphatic carbocycles. The van der Waals surface area contributed by atoms with Crippen LogP contribution in [0.2, 0.25) is 4.82 Å². The standard InChI is InChI=1S/C15H22OSe/c1-4-13(3)15(11-12-16-5-2)17-14-9-7-6-8-10-14/h6-13,15H,4-5H2,1-3H3/b12-11+. The molecule has 1 aromatic rings. The van der Waals surface area contributed by atoms with Crippen molar-refractivity contribution in [1.82, 2.24) is 0 Å². The van der Waals surface area contributed by atoms with E-state index in [-0.39, 0.29) is 0 Å². The molecule has 0 saturated carbocycles. The van der Waals surface area contributed by atoms with Crippen LogP contribution in [-0.4, -0.2) is 21.6 Å². The second-order valence-electron chi connectivity index (χ2n) is 4.06. The Balaban J connectivity index is 2.63.